The third kappa shape index (κ3) is 4.05. The van der Waals surface area contributed by atoms with Crippen LogP contribution in [0.25, 0.3) is 0 Å². The summed E-state index contributed by atoms with van der Waals surface area (Å²) in [4.78, 5) is 12.1. The molecule has 2 aromatic carbocycles. The van der Waals surface area contributed by atoms with E-state index in [0.29, 0.717) is 0 Å². The normalized spacial score (nSPS) is 11.2. The molecule has 0 bridgehead atoms. The van der Waals surface area contributed by atoms with Crippen LogP contribution in [0.1, 0.15) is 10.4 Å². The van der Waals surface area contributed by atoms with Crippen molar-refractivity contribution >= 4 is 27.2 Å². The third-order valence-corrected chi connectivity index (χ3v) is 4.22. The average molecular weight is 343 g/mol. The van der Waals surface area contributed by atoms with Crippen LogP contribution in [0.4, 0.5) is 4.39 Å². The fraction of sp³-hybridized carbons (Fsp3) is 0.133. The predicted molar refractivity (Wildman–Crippen MR) is 80.8 cm³/mol. The molecule has 0 unspecified atom stereocenters. The highest BCUT2D eigenvalue weighted by molar-refractivity contribution is 7.90. The summed E-state index contributed by atoms with van der Waals surface area (Å²) in [6, 6.07) is 9.32. The van der Waals surface area contributed by atoms with Gasteiger partial charge in [-0.05, 0) is 42.5 Å². The summed E-state index contributed by atoms with van der Waals surface area (Å²) < 4.78 is 41.3. The molecular formula is C15H12ClFO4S. The second kappa shape index (κ2) is 6.46. The number of ketones is 1. The van der Waals surface area contributed by atoms with Crippen LogP contribution in [0.5, 0.6) is 5.75 Å². The van der Waals surface area contributed by atoms with Crippen molar-refractivity contribution in [3.8, 4) is 5.75 Å². The summed E-state index contributed by atoms with van der Waals surface area (Å²) in [5, 5.41) is 0.229. The Hall–Kier alpha value is -1.92. The molecule has 7 heteroatoms. The number of halogens is 2. The minimum absolute atomic E-state index is 0.0782. The van der Waals surface area contributed by atoms with Crippen LogP contribution < -0.4 is 4.74 Å². The maximum Gasteiger partial charge on any atom is 0.200 e. The molecule has 0 saturated heterocycles. The lowest BCUT2D eigenvalue weighted by Gasteiger charge is -2.07. The first-order valence-electron chi connectivity index (χ1n) is 6.18. The molecule has 0 radical (unpaired) electrons. The van der Waals surface area contributed by atoms with Crippen molar-refractivity contribution in [1.82, 2.24) is 0 Å². The maximum absolute atomic E-state index is 13.5. The Bertz CT molecular complexity index is 801. The molecule has 0 aliphatic heterocycles. The lowest BCUT2D eigenvalue weighted by atomic mass is 10.1. The SMILES string of the molecule is CS(=O)(=O)c1ccc(C(=O)COc2ccc(Cl)cc2F)cc1. The van der Waals surface area contributed by atoms with E-state index in [0.717, 1.165) is 12.3 Å². The highest BCUT2D eigenvalue weighted by Gasteiger charge is 2.12. The van der Waals surface area contributed by atoms with Crippen LogP contribution in [0.15, 0.2) is 47.4 Å². The highest BCUT2D eigenvalue weighted by Crippen LogP contribution is 2.21. The van der Waals surface area contributed by atoms with Gasteiger partial charge in [0.2, 0.25) is 0 Å². The largest absolute Gasteiger partial charge is 0.482 e. The zero-order chi connectivity index (χ0) is 16.3. The van der Waals surface area contributed by atoms with Crippen molar-refractivity contribution in [2.45, 2.75) is 4.90 Å². The van der Waals surface area contributed by atoms with Gasteiger partial charge in [0, 0.05) is 16.8 Å². The molecule has 0 N–H and O–H groups in total. The van der Waals surface area contributed by atoms with E-state index >= 15 is 0 Å². The van der Waals surface area contributed by atoms with Gasteiger partial charge in [-0.25, -0.2) is 12.8 Å². The molecule has 0 aliphatic carbocycles. The van der Waals surface area contributed by atoms with Crippen molar-refractivity contribution in [3.05, 3.63) is 58.9 Å². The van der Waals surface area contributed by atoms with E-state index in [1.54, 1.807) is 0 Å². The number of rotatable bonds is 5. The van der Waals surface area contributed by atoms with Gasteiger partial charge in [0.1, 0.15) is 0 Å². The molecule has 0 amide bonds. The van der Waals surface area contributed by atoms with E-state index in [1.807, 2.05) is 0 Å². The first-order chi connectivity index (χ1) is 10.3. The van der Waals surface area contributed by atoms with E-state index in [1.165, 1.54) is 36.4 Å². The van der Waals surface area contributed by atoms with Crippen LogP contribution in [0.2, 0.25) is 5.02 Å². The fourth-order valence-corrected chi connectivity index (χ4v) is 2.50. The molecule has 2 aromatic rings. The first-order valence-corrected chi connectivity index (χ1v) is 8.45. The standard InChI is InChI=1S/C15H12ClFO4S/c1-22(19,20)12-5-2-10(3-6-12)14(18)9-21-15-7-4-11(16)8-13(15)17/h2-8H,9H2,1H3. The van der Waals surface area contributed by atoms with Crippen molar-refractivity contribution in [2.75, 3.05) is 12.9 Å². The van der Waals surface area contributed by atoms with E-state index in [4.69, 9.17) is 16.3 Å². The molecule has 0 aromatic heterocycles. The van der Waals surface area contributed by atoms with Gasteiger partial charge >= 0.3 is 0 Å². The van der Waals surface area contributed by atoms with Gasteiger partial charge in [0.15, 0.2) is 33.8 Å². The summed E-state index contributed by atoms with van der Waals surface area (Å²) >= 11 is 5.62. The molecule has 0 saturated carbocycles. The number of hydrogen-bond donors (Lipinski definition) is 0. The lowest BCUT2D eigenvalue weighted by molar-refractivity contribution is 0.0918. The zero-order valence-corrected chi connectivity index (χ0v) is 13.1. The Kier molecular flexibility index (Phi) is 4.83. The molecule has 4 nitrogen and oxygen atoms in total. The summed E-state index contributed by atoms with van der Waals surface area (Å²) in [7, 11) is -3.31. The van der Waals surface area contributed by atoms with Crippen LogP contribution in [0, 0.1) is 5.82 Å². The topological polar surface area (TPSA) is 60.4 Å². The smallest absolute Gasteiger partial charge is 0.200 e. The second-order valence-electron chi connectivity index (χ2n) is 4.58. The highest BCUT2D eigenvalue weighted by atomic mass is 35.5. The van der Waals surface area contributed by atoms with Crippen molar-refractivity contribution < 1.29 is 22.3 Å². The Balaban J connectivity index is 2.06. The van der Waals surface area contributed by atoms with Crippen LogP contribution >= 0.6 is 11.6 Å². The van der Waals surface area contributed by atoms with Gasteiger partial charge < -0.3 is 4.74 Å². The fourth-order valence-electron chi connectivity index (χ4n) is 1.71. The van der Waals surface area contributed by atoms with Crippen molar-refractivity contribution in [2.24, 2.45) is 0 Å². The molecule has 2 rings (SSSR count). The Labute approximate surface area is 132 Å². The number of ether oxygens (including phenoxy) is 1. The molecule has 22 heavy (non-hydrogen) atoms. The van der Waals surface area contributed by atoms with Crippen molar-refractivity contribution in [3.63, 3.8) is 0 Å². The maximum atomic E-state index is 13.5. The van der Waals surface area contributed by atoms with Gasteiger partial charge in [-0.3, -0.25) is 4.79 Å². The summed E-state index contributed by atoms with van der Waals surface area (Å²) in [6.45, 7) is -0.364. The van der Waals surface area contributed by atoms with E-state index in [2.05, 4.69) is 0 Å². The van der Waals surface area contributed by atoms with E-state index in [9.17, 15) is 17.6 Å². The number of carbonyl (C=O) groups excluding carboxylic acids is 1. The molecule has 0 fully saturated rings. The van der Waals surface area contributed by atoms with Gasteiger partial charge in [0.05, 0.1) is 4.90 Å². The average Bonchev–Trinajstić information content (AvgIpc) is 2.45. The van der Waals surface area contributed by atoms with Gasteiger partial charge in [-0.15, -0.1) is 0 Å². The molecule has 0 spiro atoms. The Morgan fingerprint density at radius 2 is 1.82 bits per heavy atom. The lowest BCUT2D eigenvalue weighted by Crippen LogP contribution is -2.12. The van der Waals surface area contributed by atoms with Crippen LogP contribution in [0.3, 0.4) is 0 Å². The van der Waals surface area contributed by atoms with E-state index in [-0.39, 0.29) is 27.8 Å². The van der Waals surface area contributed by atoms with Crippen LogP contribution in [-0.4, -0.2) is 27.1 Å². The molecular weight excluding hydrogens is 331 g/mol. The van der Waals surface area contributed by atoms with Crippen molar-refractivity contribution in [1.29, 1.82) is 0 Å². The van der Waals surface area contributed by atoms with Gasteiger partial charge in [0.25, 0.3) is 0 Å². The van der Waals surface area contributed by atoms with E-state index < -0.39 is 21.4 Å². The summed E-state index contributed by atoms with van der Waals surface area (Å²) in [5.74, 6) is -1.13. The second-order valence-corrected chi connectivity index (χ2v) is 7.04. The number of sulfone groups is 1. The number of hydrogen-bond acceptors (Lipinski definition) is 4. The zero-order valence-electron chi connectivity index (χ0n) is 11.5. The van der Waals surface area contributed by atoms with Gasteiger partial charge in [-0.1, -0.05) is 11.6 Å². The molecule has 116 valence electrons. The minimum Gasteiger partial charge on any atom is -0.482 e. The third-order valence-electron chi connectivity index (χ3n) is 2.86. The summed E-state index contributed by atoms with van der Waals surface area (Å²) in [5.41, 5.74) is 0.279. The predicted octanol–water partition coefficient (Wildman–Crippen LogP) is 3.14. The molecule has 0 heterocycles. The number of benzene rings is 2. The molecule has 0 atom stereocenters. The van der Waals surface area contributed by atoms with Crippen LogP contribution in [-0.2, 0) is 9.84 Å². The van der Waals surface area contributed by atoms with Gasteiger partial charge in [-0.2, -0.15) is 0 Å². The Morgan fingerprint density at radius 3 is 2.36 bits per heavy atom. The number of Topliss-reactive ketones (excluding diaryl/α,β-unsaturated/α-hetero) is 1. The summed E-state index contributed by atoms with van der Waals surface area (Å²) in [6.07, 6.45) is 1.08. The molecule has 0 aliphatic rings. The quantitative estimate of drug-likeness (QED) is 0.783. The minimum atomic E-state index is -3.31. The number of carbonyl (C=O) groups is 1. The Morgan fingerprint density at radius 1 is 1.18 bits per heavy atom. The monoisotopic (exact) mass is 342 g/mol. The first kappa shape index (κ1) is 16.5.